The number of hydrogen-bond acceptors (Lipinski definition) is 4. The molecule has 1 aromatic carbocycles. The van der Waals surface area contributed by atoms with E-state index in [4.69, 9.17) is 9.47 Å². The normalized spacial score (nSPS) is 12.4. The minimum Gasteiger partial charge on any atom is -0.469 e. The molecule has 1 rings (SSSR count). The number of carbonyl (C=O) groups excluding carboxylic acids is 1. The zero-order chi connectivity index (χ0) is 15.7. The summed E-state index contributed by atoms with van der Waals surface area (Å²) < 4.78 is 9.80. The highest BCUT2D eigenvalue weighted by Crippen LogP contribution is 2.16. The molecule has 0 bridgehead atoms. The van der Waals surface area contributed by atoms with Crippen molar-refractivity contribution in [1.82, 2.24) is 5.32 Å². The van der Waals surface area contributed by atoms with Crippen LogP contribution in [0.15, 0.2) is 24.3 Å². The van der Waals surface area contributed by atoms with Crippen LogP contribution in [-0.4, -0.2) is 39.4 Å². The lowest BCUT2D eigenvalue weighted by molar-refractivity contribution is -0.141. The van der Waals surface area contributed by atoms with Crippen LogP contribution in [0.3, 0.4) is 0 Å². The van der Waals surface area contributed by atoms with Crippen LogP contribution in [0.2, 0.25) is 0 Å². The van der Waals surface area contributed by atoms with Gasteiger partial charge in [0.15, 0.2) is 0 Å². The minimum atomic E-state index is -0.191. The Kier molecular flexibility index (Phi) is 8.01. The SMILES string of the molecule is COCCNC(CC(=O)OC)Cc1ccc(C(C)C)cc1. The fraction of sp³-hybridized carbons (Fsp3) is 0.588. The molecular formula is C17H27NO3. The Balaban J connectivity index is 2.62. The van der Waals surface area contributed by atoms with Gasteiger partial charge in [0.25, 0.3) is 0 Å². The number of carbonyl (C=O) groups is 1. The molecule has 4 heteroatoms. The number of rotatable bonds is 9. The van der Waals surface area contributed by atoms with Gasteiger partial charge in [-0.2, -0.15) is 0 Å². The number of benzene rings is 1. The summed E-state index contributed by atoms with van der Waals surface area (Å²) in [7, 11) is 3.09. The van der Waals surface area contributed by atoms with E-state index in [2.05, 4.69) is 43.4 Å². The van der Waals surface area contributed by atoms with E-state index in [0.29, 0.717) is 18.9 Å². The predicted molar refractivity (Wildman–Crippen MR) is 84.5 cm³/mol. The van der Waals surface area contributed by atoms with E-state index in [1.807, 2.05) is 0 Å². The van der Waals surface area contributed by atoms with Crippen molar-refractivity contribution in [3.63, 3.8) is 0 Å². The lowest BCUT2D eigenvalue weighted by Crippen LogP contribution is -2.35. The lowest BCUT2D eigenvalue weighted by Gasteiger charge is -2.18. The van der Waals surface area contributed by atoms with E-state index in [1.54, 1.807) is 7.11 Å². The summed E-state index contributed by atoms with van der Waals surface area (Å²) in [5, 5.41) is 3.35. The summed E-state index contributed by atoms with van der Waals surface area (Å²) >= 11 is 0. The van der Waals surface area contributed by atoms with Crippen LogP contribution in [0, 0.1) is 0 Å². The molecule has 0 saturated carbocycles. The van der Waals surface area contributed by atoms with Crippen molar-refractivity contribution in [2.75, 3.05) is 27.4 Å². The monoisotopic (exact) mass is 293 g/mol. The van der Waals surface area contributed by atoms with Gasteiger partial charge >= 0.3 is 5.97 Å². The summed E-state index contributed by atoms with van der Waals surface area (Å²) in [6.07, 6.45) is 1.17. The third kappa shape index (κ3) is 6.74. The van der Waals surface area contributed by atoms with Crippen LogP contribution in [0.4, 0.5) is 0 Å². The van der Waals surface area contributed by atoms with Gasteiger partial charge in [0.05, 0.1) is 20.1 Å². The molecule has 4 nitrogen and oxygen atoms in total. The molecule has 0 aliphatic heterocycles. The molecule has 1 aromatic rings. The van der Waals surface area contributed by atoms with Crippen molar-refractivity contribution in [2.45, 2.75) is 38.6 Å². The molecule has 118 valence electrons. The Hall–Kier alpha value is -1.39. The van der Waals surface area contributed by atoms with Gasteiger partial charge in [0, 0.05) is 19.7 Å². The van der Waals surface area contributed by atoms with Crippen molar-refractivity contribution >= 4 is 5.97 Å². The second kappa shape index (κ2) is 9.53. The van der Waals surface area contributed by atoms with E-state index in [9.17, 15) is 4.79 Å². The van der Waals surface area contributed by atoms with Gasteiger partial charge in [0.2, 0.25) is 0 Å². The van der Waals surface area contributed by atoms with Crippen molar-refractivity contribution < 1.29 is 14.3 Å². The van der Waals surface area contributed by atoms with Gasteiger partial charge in [0.1, 0.15) is 0 Å². The van der Waals surface area contributed by atoms with Gasteiger partial charge in [-0.25, -0.2) is 0 Å². The maximum atomic E-state index is 11.5. The molecule has 1 N–H and O–H groups in total. The Morgan fingerprint density at radius 3 is 2.38 bits per heavy atom. The van der Waals surface area contributed by atoms with Crippen molar-refractivity contribution in [2.24, 2.45) is 0 Å². The van der Waals surface area contributed by atoms with Gasteiger partial charge in [-0.1, -0.05) is 38.1 Å². The number of nitrogens with one attached hydrogen (secondary N) is 1. The molecule has 0 radical (unpaired) electrons. The fourth-order valence-electron chi connectivity index (χ4n) is 2.19. The molecule has 0 heterocycles. The standard InChI is InChI=1S/C17H27NO3/c1-13(2)15-7-5-14(6-8-15)11-16(12-17(19)21-4)18-9-10-20-3/h5-8,13,16,18H,9-12H2,1-4H3. The molecule has 0 aliphatic rings. The predicted octanol–water partition coefficient (Wildman–Crippen LogP) is 2.52. The first-order valence-corrected chi connectivity index (χ1v) is 7.44. The Labute approximate surface area is 127 Å². The summed E-state index contributed by atoms with van der Waals surface area (Å²) in [6, 6.07) is 8.65. The van der Waals surface area contributed by atoms with Crippen molar-refractivity contribution in [3.8, 4) is 0 Å². The van der Waals surface area contributed by atoms with Gasteiger partial charge in [-0.05, 0) is 23.5 Å². The largest absolute Gasteiger partial charge is 0.469 e. The van der Waals surface area contributed by atoms with Crippen LogP contribution >= 0.6 is 0 Å². The van der Waals surface area contributed by atoms with Gasteiger partial charge in [-0.3, -0.25) is 4.79 Å². The summed E-state index contributed by atoms with van der Waals surface area (Å²) in [5.41, 5.74) is 2.55. The van der Waals surface area contributed by atoms with Crippen LogP contribution in [0.25, 0.3) is 0 Å². The Bertz CT molecular complexity index is 415. The molecule has 0 fully saturated rings. The smallest absolute Gasteiger partial charge is 0.307 e. The molecule has 21 heavy (non-hydrogen) atoms. The maximum absolute atomic E-state index is 11.5. The molecule has 1 unspecified atom stereocenters. The van der Waals surface area contributed by atoms with Gasteiger partial charge < -0.3 is 14.8 Å². The molecule has 0 aliphatic carbocycles. The van der Waals surface area contributed by atoms with E-state index in [0.717, 1.165) is 13.0 Å². The van der Waals surface area contributed by atoms with Crippen molar-refractivity contribution in [1.29, 1.82) is 0 Å². The molecular weight excluding hydrogens is 266 g/mol. The van der Waals surface area contributed by atoms with E-state index >= 15 is 0 Å². The molecule has 0 aromatic heterocycles. The average molecular weight is 293 g/mol. The van der Waals surface area contributed by atoms with Crippen LogP contribution in [0.5, 0.6) is 0 Å². The zero-order valence-electron chi connectivity index (χ0n) is 13.5. The van der Waals surface area contributed by atoms with E-state index < -0.39 is 0 Å². The lowest BCUT2D eigenvalue weighted by atomic mass is 9.98. The maximum Gasteiger partial charge on any atom is 0.307 e. The van der Waals surface area contributed by atoms with Crippen molar-refractivity contribution in [3.05, 3.63) is 35.4 Å². The topological polar surface area (TPSA) is 47.6 Å². The van der Waals surface area contributed by atoms with Gasteiger partial charge in [-0.15, -0.1) is 0 Å². The van der Waals surface area contributed by atoms with Crippen LogP contribution < -0.4 is 5.32 Å². The number of hydrogen-bond donors (Lipinski definition) is 1. The molecule has 0 spiro atoms. The minimum absolute atomic E-state index is 0.0671. The third-order valence-corrected chi connectivity index (χ3v) is 3.51. The number of ether oxygens (including phenoxy) is 2. The average Bonchev–Trinajstić information content (AvgIpc) is 2.47. The first-order valence-electron chi connectivity index (χ1n) is 7.44. The van der Waals surface area contributed by atoms with E-state index in [1.165, 1.54) is 18.2 Å². The van der Waals surface area contributed by atoms with Crippen LogP contribution in [0.1, 0.15) is 37.3 Å². The highest BCUT2D eigenvalue weighted by Gasteiger charge is 2.14. The highest BCUT2D eigenvalue weighted by atomic mass is 16.5. The summed E-state index contributed by atoms with van der Waals surface area (Å²) in [6.45, 7) is 5.72. The second-order valence-electron chi connectivity index (χ2n) is 5.52. The molecule has 0 saturated heterocycles. The Morgan fingerprint density at radius 2 is 1.86 bits per heavy atom. The first-order chi connectivity index (χ1) is 10.1. The highest BCUT2D eigenvalue weighted by molar-refractivity contribution is 5.70. The number of methoxy groups -OCH3 is 2. The summed E-state index contributed by atoms with van der Waals surface area (Å²) in [5.74, 6) is 0.341. The quantitative estimate of drug-likeness (QED) is 0.561. The molecule has 1 atom stereocenters. The number of esters is 1. The fourth-order valence-corrected chi connectivity index (χ4v) is 2.19. The summed E-state index contributed by atoms with van der Waals surface area (Å²) in [4.78, 5) is 11.5. The van der Waals surface area contributed by atoms with E-state index in [-0.39, 0.29) is 12.0 Å². The van der Waals surface area contributed by atoms with Crippen LogP contribution in [-0.2, 0) is 20.7 Å². The second-order valence-corrected chi connectivity index (χ2v) is 5.52. The zero-order valence-corrected chi connectivity index (χ0v) is 13.5. The first kappa shape index (κ1) is 17.7. The molecule has 0 amide bonds. The Morgan fingerprint density at radius 1 is 1.19 bits per heavy atom. The third-order valence-electron chi connectivity index (χ3n) is 3.51.